The summed E-state index contributed by atoms with van der Waals surface area (Å²) in [4.78, 5) is 19.0. The number of carbonyl (C=O) groups excluding carboxylic acids is 1. The highest BCUT2D eigenvalue weighted by Crippen LogP contribution is 2.23. The van der Waals surface area contributed by atoms with Gasteiger partial charge in [0.2, 0.25) is 5.91 Å². The number of carbonyl (C=O) groups is 1. The highest BCUT2D eigenvalue weighted by Gasteiger charge is 2.31. The van der Waals surface area contributed by atoms with Crippen LogP contribution in [0.1, 0.15) is 18.2 Å². The molecule has 0 aromatic carbocycles. The van der Waals surface area contributed by atoms with E-state index in [1.807, 2.05) is 30.9 Å². The van der Waals surface area contributed by atoms with Crippen LogP contribution < -0.4 is 16.0 Å². The molecule has 1 amide bonds. The SMILES string of the molecule is CCNC(=O)C1COCCN1c1nc(C)ccc1C(N)=S. The molecule has 1 aromatic rings. The molecule has 6 nitrogen and oxygen atoms in total. The van der Waals surface area contributed by atoms with Crippen LogP contribution in [-0.4, -0.2) is 48.2 Å². The van der Waals surface area contributed by atoms with Crippen LogP contribution in [-0.2, 0) is 9.53 Å². The van der Waals surface area contributed by atoms with Gasteiger partial charge in [-0.1, -0.05) is 12.2 Å². The zero-order chi connectivity index (χ0) is 15.4. The van der Waals surface area contributed by atoms with Crippen LogP contribution in [0.3, 0.4) is 0 Å². The van der Waals surface area contributed by atoms with Gasteiger partial charge in [0.15, 0.2) is 0 Å². The molecule has 1 atom stereocenters. The van der Waals surface area contributed by atoms with Crippen LogP contribution in [0.2, 0.25) is 0 Å². The van der Waals surface area contributed by atoms with Gasteiger partial charge >= 0.3 is 0 Å². The molecule has 1 aliphatic heterocycles. The minimum Gasteiger partial charge on any atom is -0.389 e. The minimum absolute atomic E-state index is 0.0746. The number of hydrogen-bond donors (Lipinski definition) is 2. The second-order valence-corrected chi connectivity index (χ2v) is 5.31. The zero-order valence-corrected chi connectivity index (χ0v) is 13.1. The van der Waals surface area contributed by atoms with Gasteiger partial charge in [-0.25, -0.2) is 4.98 Å². The van der Waals surface area contributed by atoms with Gasteiger partial charge in [-0.15, -0.1) is 0 Å². The molecule has 2 rings (SSSR count). The van der Waals surface area contributed by atoms with E-state index in [9.17, 15) is 4.79 Å². The summed E-state index contributed by atoms with van der Waals surface area (Å²) in [6.07, 6.45) is 0. The lowest BCUT2D eigenvalue weighted by Gasteiger charge is -2.36. The molecule has 1 saturated heterocycles. The molecule has 0 radical (unpaired) electrons. The second-order valence-electron chi connectivity index (χ2n) is 4.87. The van der Waals surface area contributed by atoms with E-state index in [4.69, 9.17) is 22.7 Å². The van der Waals surface area contributed by atoms with Gasteiger partial charge in [-0.2, -0.15) is 0 Å². The largest absolute Gasteiger partial charge is 0.389 e. The number of pyridine rings is 1. The third kappa shape index (κ3) is 3.48. The van der Waals surface area contributed by atoms with Crippen molar-refractivity contribution in [2.75, 3.05) is 31.2 Å². The van der Waals surface area contributed by atoms with Gasteiger partial charge in [-0.3, -0.25) is 4.79 Å². The van der Waals surface area contributed by atoms with E-state index in [1.54, 1.807) is 0 Å². The number of rotatable bonds is 4. The lowest BCUT2D eigenvalue weighted by atomic mass is 10.1. The first-order chi connectivity index (χ1) is 10.0. The number of hydrogen-bond acceptors (Lipinski definition) is 5. The molecule has 1 aliphatic rings. The van der Waals surface area contributed by atoms with Crippen molar-refractivity contribution in [3.05, 3.63) is 23.4 Å². The van der Waals surface area contributed by atoms with E-state index >= 15 is 0 Å². The Morgan fingerprint density at radius 1 is 1.62 bits per heavy atom. The molecular formula is C14H20N4O2S. The first-order valence-corrected chi connectivity index (χ1v) is 7.35. The predicted molar refractivity (Wildman–Crippen MR) is 85.5 cm³/mol. The standard InChI is InChI=1S/C14H20N4O2S/c1-3-16-14(19)11-8-20-7-6-18(11)13-10(12(15)21)5-4-9(2)17-13/h4-5,11H,3,6-8H2,1-2H3,(H2,15,21)(H,16,19). The van der Waals surface area contributed by atoms with Gasteiger partial charge in [0.05, 0.1) is 18.8 Å². The third-order valence-corrected chi connectivity index (χ3v) is 3.55. The maximum absolute atomic E-state index is 12.2. The third-order valence-electron chi connectivity index (χ3n) is 3.33. The van der Waals surface area contributed by atoms with E-state index in [0.29, 0.717) is 37.7 Å². The molecule has 2 heterocycles. The van der Waals surface area contributed by atoms with E-state index < -0.39 is 6.04 Å². The van der Waals surface area contributed by atoms with E-state index in [0.717, 1.165) is 5.69 Å². The first kappa shape index (κ1) is 15.7. The molecule has 0 bridgehead atoms. The number of anilines is 1. The van der Waals surface area contributed by atoms with Crippen molar-refractivity contribution in [1.29, 1.82) is 0 Å². The van der Waals surface area contributed by atoms with Gasteiger partial charge in [0.25, 0.3) is 0 Å². The van der Waals surface area contributed by atoms with Crippen molar-refractivity contribution in [3.63, 3.8) is 0 Å². The van der Waals surface area contributed by atoms with Crippen molar-refractivity contribution in [2.24, 2.45) is 5.73 Å². The van der Waals surface area contributed by atoms with Crippen LogP contribution >= 0.6 is 12.2 Å². The second kappa shape index (κ2) is 6.82. The highest BCUT2D eigenvalue weighted by molar-refractivity contribution is 7.80. The summed E-state index contributed by atoms with van der Waals surface area (Å²) in [6, 6.07) is 3.30. The number of nitrogens with two attached hydrogens (primary N) is 1. The Labute approximate surface area is 129 Å². The van der Waals surface area contributed by atoms with Crippen molar-refractivity contribution in [1.82, 2.24) is 10.3 Å². The highest BCUT2D eigenvalue weighted by atomic mass is 32.1. The Bertz CT molecular complexity index is 550. The number of amides is 1. The van der Waals surface area contributed by atoms with Crippen molar-refractivity contribution < 1.29 is 9.53 Å². The van der Waals surface area contributed by atoms with Crippen LogP contribution in [0.5, 0.6) is 0 Å². The monoisotopic (exact) mass is 308 g/mol. The first-order valence-electron chi connectivity index (χ1n) is 6.94. The molecule has 0 spiro atoms. The van der Waals surface area contributed by atoms with E-state index in [-0.39, 0.29) is 10.9 Å². The molecule has 21 heavy (non-hydrogen) atoms. The molecular weight excluding hydrogens is 288 g/mol. The van der Waals surface area contributed by atoms with Gasteiger partial charge in [0, 0.05) is 18.8 Å². The molecule has 114 valence electrons. The van der Waals surface area contributed by atoms with Crippen LogP contribution in [0.4, 0.5) is 5.82 Å². The lowest BCUT2D eigenvalue weighted by molar-refractivity contribution is -0.124. The zero-order valence-electron chi connectivity index (χ0n) is 12.3. The molecule has 7 heteroatoms. The Kier molecular flexibility index (Phi) is 5.08. The molecule has 1 aromatic heterocycles. The molecule has 1 unspecified atom stereocenters. The Morgan fingerprint density at radius 2 is 2.38 bits per heavy atom. The fraction of sp³-hybridized carbons (Fsp3) is 0.500. The fourth-order valence-electron chi connectivity index (χ4n) is 2.32. The van der Waals surface area contributed by atoms with Gasteiger partial charge in [0.1, 0.15) is 16.8 Å². The van der Waals surface area contributed by atoms with Crippen molar-refractivity contribution >= 4 is 28.9 Å². The van der Waals surface area contributed by atoms with E-state index in [2.05, 4.69) is 10.3 Å². The van der Waals surface area contributed by atoms with Gasteiger partial charge in [-0.05, 0) is 26.0 Å². The van der Waals surface area contributed by atoms with Gasteiger partial charge < -0.3 is 20.7 Å². The Morgan fingerprint density at radius 3 is 3.05 bits per heavy atom. The minimum atomic E-state index is -0.416. The van der Waals surface area contributed by atoms with Crippen molar-refractivity contribution in [2.45, 2.75) is 19.9 Å². The molecule has 1 fully saturated rings. The maximum Gasteiger partial charge on any atom is 0.245 e. The number of aromatic nitrogens is 1. The summed E-state index contributed by atoms with van der Waals surface area (Å²) in [6.45, 7) is 5.81. The summed E-state index contributed by atoms with van der Waals surface area (Å²) < 4.78 is 5.44. The Hall–Kier alpha value is -1.73. The maximum atomic E-state index is 12.2. The van der Waals surface area contributed by atoms with Crippen LogP contribution in [0.25, 0.3) is 0 Å². The number of nitrogens with zero attached hydrogens (tertiary/aromatic N) is 2. The molecule has 3 N–H and O–H groups in total. The predicted octanol–water partition coefficient (Wildman–Crippen LogP) is 0.366. The quantitative estimate of drug-likeness (QED) is 0.782. The van der Waals surface area contributed by atoms with E-state index in [1.165, 1.54) is 0 Å². The number of ether oxygens (including phenoxy) is 1. The number of likely N-dealkylation sites (N-methyl/N-ethyl adjacent to an activating group) is 1. The normalized spacial score (nSPS) is 18.4. The lowest BCUT2D eigenvalue weighted by Crippen LogP contribution is -2.54. The number of aryl methyl sites for hydroxylation is 1. The Balaban J connectivity index is 2.39. The number of thiocarbonyl (C=S) groups is 1. The summed E-state index contributed by atoms with van der Waals surface area (Å²) in [5, 5.41) is 2.83. The summed E-state index contributed by atoms with van der Waals surface area (Å²) >= 11 is 5.10. The topological polar surface area (TPSA) is 80.5 Å². The fourth-order valence-corrected chi connectivity index (χ4v) is 2.48. The van der Waals surface area contributed by atoms with Crippen LogP contribution in [0, 0.1) is 6.92 Å². The summed E-state index contributed by atoms with van der Waals surface area (Å²) in [7, 11) is 0. The average molecular weight is 308 g/mol. The average Bonchev–Trinajstić information content (AvgIpc) is 2.47. The van der Waals surface area contributed by atoms with Crippen molar-refractivity contribution in [3.8, 4) is 0 Å². The molecule has 0 aliphatic carbocycles. The number of nitrogens with one attached hydrogen (secondary N) is 1. The summed E-state index contributed by atoms with van der Waals surface area (Å²) in [5.41, 5.74) is 7.32. The van der Waals surface area contributed by atoms with Crippen LogP contribution in [0.15, 0.2) is 12.1 Å². The summed E-state index contributed by atoms with van der Waals surface area (Å²) in [5.74, 6) is 0.580. The smallest absolute Gasteiger partial charge is 0.245 e. The number of morpholine rings is 1. The molecule has 0 saturated carbocycles.